The lowest BCUT2D eigenvalue weighted by Crippen LogP contribution is -1.98. The van der Waals surface area contributed by atoms with E-state index < -0.39 is 0 Å². The van der Waals surface area contributed by atoms with E-state index in [1.54, 1.807) is 0 Å². The maximum atomic E-state index is 9.13. The summed E-state index contributed by atoms with van der Waals surface area (Å²) >= 11 is 1.54. The van der Waals surface area contributed by atoms with Crippen LogP contribution >= 0.6 is 11.8 Å². The third kappa shape index (κ3) is 2.71. The molecule has 0 atom stereocenters. The summed E-state index contributed by atoms with van der Waals surface area (Å²) in [6.07, 6.45) is 2.44. The minimum atomic E-state index is 0.182. The Bertz CT molecular complexity index is 923. The number of nitrogens with zero attached hydrogens (tertiary/aromatic N) is 5. The number of nitrogens with one attached hydrogen (secondary N) is 1. The minimum absolute atomic E-state index is 0.182. The largest absolute Gasteiger partial charge is 0.368 e. The molecule has 7 nitrogen and oxygen atoms in total. The van der Waals surface area contributed by atoms with Crippen molar-refractivity contribution in [3.8, 4) is 6.07 Å². The molecule has 1 saturated carbocycles. The van der Waals surface area contributed by atoms with Crippen molar-refractivity contribution in [2.75, 3.05) is 5.73 Å². The summed E-state index contributed by atoms with van der Waals surface area (Å²) in [5.41, 5.74) is 9.99. The first-order chi connectivity index (χ1) is 11.2. The Balaban J connectivity index is 1.65. The van der Waals surface area contributed by atoms with Crippen molar-refractivity contribution in [2.24, 2.45) is 0 Å². The number of aromatic nitrogens is 5. The number of thioether (sulfide) groups is 1. The third-order valence-electron chi connectivity index (χ3n) is 3.82. The van der Waals surface area contributed by atoms with E-state index in [0.717, 1.165) is 0 Å². The van der Waals surface area contributed by atoms with Crippen LogP contribution in [-0.2, 0) is 5.75 Å². The van der Waals surface area contributed by atoms with Gasteiger partial charge in [-0.3, -0.25) is 0 Å². The van der Waals surface area contributed by atoms with Crippen molar-refractivity contribution in [3.63, 3.8) is 0 Å². The number of fused-ring (bicyclic) bond motifs is 1. The Morgan fingerprint density at radius 3 is 2.96 bits per heavy atom. The lowest BCUT2D eigenvalue weighted by Gasteiger charge is -2.09. The lowest BCUT2D eigenvalue weighted by molar-refractivity contribution is 0.952. The molecule has 1 aromatic carbocycles. The number of nitriles is 1. The van der Waals surface area contributed by atoms with Crippen LogP contribution in [0.5, 0.6) is 0 Å². The van der Waals surface area contributed by atoms with Crippen LogP contribution in [0.4, 0.5) is 5.95 Å². The lowest BCUT2D eigenvalue weighted by atomic mass is 10.0. The fourth-order valence-corrected chi connectivity index (χ4v) is 3.55. The van der Waals surface area contributed by atoms with E-state index >= 15 is 0 Å². The van der Waals surface area contributed by atoms with Gasteiger partial charge in [-0.15, -0.1) is 5.10 Å². The maximum absolute atomic E-state index is 9.13. The van der Waals surface area contributed by atoms with Gasteiger partial charge in [0.2, 0.25) is 11.6 Å². The molecule has 0 unspecified atom stereocenters. The fraction of sp³-hybridized carbons (Fsp3) is 0.267. The Kier molecular flexibility index (Phi) is 3.35. The van der Waals surface area contributed by atoms with Gasteiger partial charge < -0.3 is 5.73 Å². The Hall–Kier alpha value is -2.66. The molecular weight excluding hydrogens is 310 g/mol. The quantitative estimate of drug-likeness (QED) is 0.559. The number of anilines is 1. The van der Waals surface area contributed by atoms with Crippen molar-refractivity contribution in [1.82, 2.24) is 25.4 Å². The first kappa shape index (κ1) is 14.0. The van der Waals surface area contributed by atoms with Crippen LogP contribution in [0, 0.1) is 11.3 Å². The molecule has 0 saturated heterocycles. The van der Waals surface area contributed by atoms with E-state index in [2.05, 4.69) is 37.5 Å². The highest BCUT2D eigenvalue weighted by Gasteiger charge is 2.26. The molecule has 23 heavy (non-hydrogen) atoms. The summed E-state index contributed by atoms with van der Waals surface area (Å²) < 4.78 is 0. The monoisotopic (exact) mass is 323 g/mol. The minimum Gasteiger partial charge on any atom is -0.368 e. The molecule has 3 N–H and O–H groups in total. The average Bonchev–Trinajstić information content (AvgIpc) is 3.30. The number of nitrogen functional groups attached to an aromatic ring is 1. The second-order valence-electron chi connectivity index (χ2n) is 5.47. The van der Waals surface area contributed by atoms with Gasteiger partial charge in [-0.2, -0.15) is 20.6 Å². The summed E-state index contributed by atoms with van der Waals surface area (Å²) in [6, 6.07) is 8.13. The smallest absolute Gasteiger partial charge is 0.223 e. The van der Waals surface area contributed by atoms with Gasteiger partial charge in [-0.25, -0.2) is 4.98 Å². The highest BCUT2D eigenvalue weighted by molar-refractivity contribution is 7.98. The van der Waals surface area contributed by atoms with Crippen LogP contribution in [0.15, 0.2) is 23.2 Å². The van der Waals surface area contributed by atoms with E-state index in [0.29, 0.717) is 33.4 Å². The number of nitrogens with two attached hydrogens (primary N) is 1. The summed E-state index contributed by atoms with van der Waals surface area (Å²) in [7, 11) is 0. The average molecular weight is 323 g/mol. The van der Waals surface area contributed by atoms with Crippen LogP contribution < -0.4 is 5.73 Å². The fourth-order valence-electron chi connectivity index (χ4n) is 2.58. The zero-order chi connectivity index (χ0) is 15.8. The number of rotatable bonds is 4. The van der Waals surface area contributed by atoms with Gasteiger partial charge in [0.1, 0.15) is 5.03 Å². The van der Waals surface area contributed by atoms with Gasteiger partial charge in [-0.05, 0) is 42.0 Å². The second kappa shape index (κ2) is 5.52. The van der Waals surface area contributed by atoms with Crippen LogP contribution in [0.1, 0.15) is 35.4 Å². The molecule has 0 spiro atoms. The molecule has 0 radical (unpaired) electrons. The van der Waals surface area contributed by atoms with Crippen molar-refractivity contribution in [2.45, 2.75) is 29.5 Å². The summed E-state index contributed by atoms with van der Waals surface area (Å²) in [4.78, 5) is 8.30. The maximum Gasteiger partial charge on any atom is 0.223 e. The van der Waals surface area contributed by atoms with Crippen molar-refractivity contribution < 1.29 is 0 Å². The van der Waals surface area contributed by atoms with Gasteiger partial charge >= 0.3 is 0 Å². The summed E-state index contributed by atoms with van der Waals surface area (Å²) in [6.45, 7) is 0. The zero-order valence-corrected chi connectivity index (χ0v) is 13.0. The molecular formula is C15H13N7S. The Morgan fingerprint density at radius 2 is 2.17 bits per heavy atom. The second-order valence-corrected chi connectivity index (χ2v) is 6.44. The van der Waals surface area contributed by atoms with Gasteiger partial charge in [0.05, 0.1) is 11.6 Å². The summed E-state index contributed by atoms with van der Waals surface area (Å²) in [5, 5.41) is 20.4. The molecule has 8 heteroatoms. The van der Waals surface area contributed by atoms with Crippen LogP contribution in [0.2, 0.25) is 0 Å². The molecule has 0 aliphatic heterocycles. The van der Waals surface area contributed by atoms with E-state index in [-0.39, 0.29) is 5.95 Å². The van der Waals surface area contributed by atoms with E-state index in [4.69, 9.17) is 11.0 Å². The number of aromatic amines is 1. The SMILES string of the molecule is N#Cc1ccc(C2CC2)c(CSc2nc(N)nc3n[nH]nc23)c1. The van der Waals surface area contributed by atoms with Gasteiger partial charge in [-0.1, -0.05) is 17.8 Å². The number of H-pyrrole nitrogens is 1. The van der Waals surface area contributed by atoms with Crippen LogP contribution in [-0.4, -0.2) is 25.4 Å². The first-order valence-corrected chi connectivity index (χ1v) is 8.23. The molecule has 2 heterocycles. The van der Waals surface area contributed by atoms with Gasteiger partial charge in [0.15, 0.2) is 5.52 Å². The Morgan fingerprint density at radius 1 is 1.30 bits per heavy atom. The number of hydrogen-bond donors (Lipinski definition) is 2. The molecule has 114 valence electrons. The molecule has 0 amide bonds. The van der Waals surface area contributed by atoms with E-state index in [9.17, 15) is 0 Å². The molecule has 0 bridgehead atoms. The van der Waals surface area contributed by atoms with Gasteiger partial charge in [0, 0.05) is 5.75 Å². The summed E-state index contributed by atoms with van der Waals surface area (Å²) in [5.74, 6) is 1.52. The molecule has 1 aliphatic rings. The van der Waals surface area contributed by atoms with Crippen molar-refractivity contribution >= 4 is 28.9 Å². The van der Waals surface area contributed by atoms with Crippen molar-refractivity contribution in [3.05, 3.63) is 34.9 Å². The molecule has 2 aromatic heterocycles. The normalized spacial score (nSPS) is 14.0. The molecule has 1 aliphatic carbocycles. The van der Waals surface area contributed by atoms with Crippen LogP contribution in [0.3, 0.4) is 0 Å². The highest BCUT2D eigenvalue weighted by atomic mass is 32.2. The predicted molar refractivity (Wildman–Crippen MR) is 86.6 cm³/mol. The third-order valence-corrected chi connectivity index (χ3v) is 4.84. The number of hydrogen-bond acceptors (Lipinski definition) is 7. The zero-order valence-electron chi connectivity index (χ0n) is 12.2. The predicted octanol–water partition coefficient (Wildman–Crippen LogP) is 2.37. The van der Waals surface area contributed by atoms with Crippen LogP contribution in [0.25, 0.3) is 11.2 Å². The highest BCUT2D eigenvalue weighted by Crippen LogP contribution is 2.43. The van der Waals surface area contributed by atoms with Crippen molar-refractivity contribution in [1.29, 1.82) is 5.26 Å². The van der Waals surface area contributed by atoms with E-state index in [1.807, 2.05) is 12.1 Å². The Labute approximate surface area is 136 Å². The van der Waals surface area contributed by atoms with E-state index in [1.165, 1.54) is 35.7 Å². The number of benzene rings is 1. The molecule has 3 aromatic rings. The van der Waals surface area contributed by atoms with Gasteiger partial charge in [0.25, 0.3) is 0 Å². The molecule has 1 fully saturated rings. The molecule has 4 rings (SSSR count). The topological polar surface area (TPSA) is 117 Å². The first-order valence-electron chi connectivity index (χ1n) is 7.24. The standard InChI is InChI=1S/C15H13N7S/c16-6-8-1-4-11(9-2-3-9)10(5-8)7-23-14-12-13(21-22-20-12)18-15(17)19-14/h1,4-5,9H,2-3,7H2,(H3,17,18,19,20,21,22).